The molecule has 1 heterocycles. The summed E-state index contributed by atoms with van der Waals surface area (Å²) in [5.41, 5.74) is 1.35. The lowest BCUT2D eigenvalue weighted by Crippen LogP contribution is -2.42. The number of amides is 1. The molecule has 1 fully saturated rings. The Balaban J connectivity index is 2.11. The smallest absolute Gasteiger partial charge is 0.254 e. The molecule has 110 valence electrons. The summed E-state index contributed by atoms with van der Waals surface area (Å²) in [5, 5.41) is 0. The Labute approximate surface area is 120 Å². The lowest BCUT2D eigenvalue weighted by molar-refractivity contribution is 0.0635. The van der Waals surface area contributed by atoms with Crippen molar-refractivity contribution in [1.82, 2.24) is 4.90 Å². The second-order valence-corrected chi connectivity index (χ2v) is 7.75. The number of carbonyl (C=O) groups is 1. The van der Waals surface area contributed by atoms with E-state index in [-0.39, 0.29) is 17.7 Å². The third-order valence-corrected chi connectivity index (χ3v) is 4.55. The van der Waals surface area contributed by atoms with Gasteiger partial charge in [0, 0.05) is 24.4 Å². The molecule has 0 N–H and O–H groups in total. The van der Waals surface area contributed by atoms with Gasteiger partial charge in [0.25, 0.3) is 5.91 Å². The van der Waals surface area contributed by atoms with E-state index in [1.165, 1.54) is 12.7 Å². The van der Waals surface area contributed by atoms with E-state index in [4.69, 9.17) is 0 Å². The molecule has 0 aliphatic carbocycles. The maximum Gasteiger partial charge on any atom is 0.254 e. The Bertz CT molecular complexity index is 578. The molecule has 1 aromatic carbocycles. The molecule has 0 unspecified atom stereocenters. The number of piperidine rings is 1. The highest BCUT2D eigenvalue weighted by Gasteiger charge is 2.24. The summed E-state index contributed by atoms with van der Waals surface area (Å²) >= 11 is 0. The molecule has 0 aromatic heterocycles. The third-order valence-electron chi connectivity index (χ3n) is 3.69. The van der Waals surface area contributed by atoms with Gasteiger partial charge in [0.1, 0.15) is 0 Å². The highest BCUT2D eigenvalue weighted by atomic mass is 32.2. The largest absolute Gasteiger partial charge is 0.336 e. The van der Waals surface area contributed by atoms with Crippen LogP contribution in [-0.4, -0.2) is 38.1 Å². The normalized spacial score (nSPS) is 19.9. The van der Waals surface area contributed by atoms with Crippen molar-refractivity contribution in [3.63, 3.8) is 0 Å². The summed E-state index contributed by atoms with van der Waals surface area (Å²) in [7, 11) is -3.03. The fourth-order valence-electron chi connectivity index (χ4n) is 2.61. The van der Waals surface area contributed by atoms with Gasteiger partial charge >= 0.3 is 0 Å². The Kier molecular flexibility index (Phi) is 4.48. The molecule has 20 heavy (non-hydrogen) atoms. The van der Waals surface area contributed by atoms with E-state index < -0.39 is 9.84 Å². The number of benzene rings is 1. The Morgan fingerprint density at radius 1 is 1.25 bits per heavy atom. The van der Waals surface area contributed by atoms with Crippen LogP contribution in [-0.2, 0) is 15.6 Å². The molecule has 1 atom stereocenters. The molecular formula is C15H21NO3S. The summed E-state index contributed by atoms with van der Waals surface area (Å²) < 4.78 is 22.5. The first-order chi connectivity index (χ1) is 9.37. The molecule has 4 nitrogen and oxygen atoms in total. The number of hydrogen-bond acceptors (Lipinski definition) is 3. The van der Waals surface area contributed by atoms with Crippen LogP contribution in [0.25, 0.3) is 0 Å². The van der Waals surface area contributed by atoms with E-state index in [0.29, 0.717) is 5.56 Å². The Morgan fingerprint density at radius 2 is 1.90 bits per heavy atom. The number of rotatable bonds is 3. The first-order valence-corrected chi connectivity index (χ1v) is 9.00. The minimum absolute atomic E-state index is 0.0155. The van der Waals surface area contributed by atoms with Gasteiger partial charge in [-0.05, 0) is 43.9 Å². The van der Waals surface area contributed by atoms with E-state index >= 15 is 0 Å². The Hall–Kier alpha value is -1.36. The van der Waals surface area contributed by atoms with Gasteiger partial charge in [-0.3, -0.25) is 4.79 Å². The zero-order valence-corrected chi connectivity index (χ0v) is 12.8. The van der Waals surface area contributed by atoms with Crippen molar-refractivity contribution in [3.8, 4) is 0 Å². The molecule has 0 bridgehead atoms. The van der Waals surface area contributed by atoms with Crippen molar-refractivity contribution in [1.29, 1.82) is 0 Å². The van der Waals surface area contributed by atoms with E-state index in [1.54, 1.807) is 24.3 Å². The molecule has 1 aliphatic heterocycles. The first kappa shape index (κ1) is 15.0. The summed E-state index contributed by atoms with van der Waals surface area (Å²) in [6, 6.07) is 7.19. The summed E-state index contributed by atoms with van der Waals surface area (Å²) in [6.07, 6.45) is 4.50. The molecule has 0 spiro atoms. The molecule has 2 rings (SSSR count). The van der Waals surface area contributed by atoms with E-state index in [9.17, 15) is 13.2 Å². The van der Waals surface area contributed by atoms with Gasteiger partial charge in [-0.25, -0.2) is 8.42 Å². The van der Waals surface area contributed by atoms with Gasteiger partial charge in [0.2, 0.25) is 0 Å². The van der Waals surface area contributed by atoms with Crippen LogP contribution in [0.1, 0.15) is 42.1 Å². The molecule has 1 aromatic rings. The van der Waals surface area contributed by atoms with Gasteiger partial charge in [0.15, 0.2) is 9.84 Å². The van der Waals surface area contributed by atoms with Crippen LogP contribution in [0.3, 0.4) is 0 Å². The van der Waals surface area contributed by atoms with E-state index in [0.717, 1.165) is 24.9 Å². The van der Waals surface area contributed by atoms with Crippen LogP contribution in [0.15, 0.2) is 24.3 Å². The second kappa shape index (κ2) is 5.95. The number of carbonyl (C=O) groups excluding carboxylic acids is 1. The van der Waals surface area contributed by atoms with Crippen molar-refractivity contribution in [2.75, 3.05) is 12.8 Å². The highest BCUT2D eigenvalue weighted by molar-refractivity contribution is 7.89. The fourth-order valence-corrected chi connectivity index (χ4v) is 3.41. The van der Waals surface area contributed by atoms with Crippen molar-refractivity contribution >= 4 is 15.7 Å². The predicted molar refractivity (Wildman–Crippen MR) is 79.3 cm³/mol. The van der Waals surface area contributed by atoms with Crippen LogP contribution in [0.2, 0.25) is 0 Å². The fraction of sp³-hybridized carbons (Fsp3) is 0.533. The molecule has 0 saturated carbocycles. The summed E-state index contributed by atoms with van der Waals surface area (Å²) in [5.74, 6) is 0.0600. The van der Waals surface area contributed by atoms with Crippen LogP contribution < -0.4 is 0 Å². The number of sulfone groups is 1. The van der Waals surface area contributed by atoms with Crippen molar-refractivity contribution in [2.24, 2.45) is 0 Å². The SMILES string of the molecule is C[C@H]1CCCCN1C(=O)c1ccc(CS(C)(=O)=O)cc1. The maximum absolute atomic E-state index is 12.4. The van der Waals surface area contributed by atoms with Gasteiger partial charge in [-0.2, -0.15) is 0 Å². The standard InChI is InChI=1S/C15H21NO3S/c1-12-5-3-4-10-16(12)15(17)14-8-6-13(7-9-14)11-20(2,18)19/h6-9,12H,3-5,10-11H2,1-2H3/t12-/m0/s1. The van der Waals surface area contributed by atoms with Crippen molar-refractivity contribution in [3.05, 3.63) is 35.4 Å². The minimum atomic E-state index is -3.03. The number of nitrogens with zero attached hydrogens (tertiary/aromatic N) is 1. The quantitative estimate of drug-likeness (QED) is 0.859. The highest BCUT2D eigenvalue weighted by Crippen LogP contribution is 2.19. The lowest BCUT2D eigenvalue weighted by Gasteiger charge is -2.33. The van der Waals surface area contributed by atoms with Crippen molar-refractivity contribution < 1.29 is 13.2 Å². The summed E-state index contributed by atoms with van der Waals surface area (Å²) in [6.45, 7) is 2.89. The minimum Gasteiger partial charge on any atom is -0.336 e. The summed E-state index contributed by atoms with van der Waals surface area (Å²) in [4.78, 5) is 14.3. The van der Waals surface area contributed by atoms with Crippen LogP contribution in [0.5, 0.6) is 0 Å². The van der Waals surface area contributed by atoms with Crippen LogP contribution in [0.4, 0.5) is 0 Å². The van der Waals surface area contributed by atoms with Gasteiger partial charge in [-0.15, -0.1) is 0 Å². The van der Waals surface area contributed by atoms with E-state index in [1.807, 2.05) is 4.90 Å². The number of hydrogen-bond donors (Lipinski definition) is 0. The predicted octanol–water partition coefficient (Wildman–Crippen LogP) is 2.25. The van der Waals surface area contributed by atoms with Crippen molar-refractivity contribution in [2.45, 2.75) is 38.0 Å². The average Bonchev–Trinajstić information content (AvgIpc) is 2.37. The number of likely N-dealkylation sites (tertiary alicyclic amines) is 1. The molecular weight excluding hydrogens is 274 g/mol. The Morgan fingerprint density at radius 3 is 2.45 bits per heavy atom. The van der Waals surface area contributed by atoms with Gasteiger partial charge in [0.05, 0.1) is 5.75 Å². The first-order valence-electron chi connectivity index (χ1n) is 6.94. The van der Waals surface area contributed by atoms with Crippen LogP contribution in [0, 0.1) is 0 Å². The van der Waals surface area contributed by atoms with Crippen LogP contribution >= 0.6 is 0 Å². The zero-order valence-electron chi connectivity index (χ0n) is 12.0. The molecule has 1 saturated heterocycles. The topological polar surface area (TPSA) is 54.5 Å². The third kappa shape index (κ3) is 3.82. The average molecular weight is 295 g/mol. The monoisotopic (exact) mass is 295 g/mol. The molecule has 1 aliphatic rings. The molecule has 0 radical (unpaired) electrons. The zero-order chi connectivity index (χ0) is 14.8. The van der Waals surface area contributed by atoms with E-state index in [2.05, 4.69) is 6.92 Å². The van der Waals surface area contributed by atoms with Gasteiger partial charge < -0.3 is 4.90 Å². The van der Waals surface area contributed by atoms with Gasteiger partial charge in [-0.1, -0.05) is 12.1 Å². The second-order valence-electron chi connectivity index (χ2n) is 5.61. The maximum atomic E-state index is 12.4. The lowest BCUT2D eigenvalue weighted by atomic mass is 10.0. The molecule has 1 amide bonds. The molecule has 5 heteroatoms.